The van der Waals surface area contributed by atoms with Gasteiger partial charge in [0.25, 0.3) is 0 Å². The van der Waals surface area contributed by atoms with Crippen molar-refractivity contribution in [3.63, 3.8) is 0 Å². The third-order valence-corrected chi connectivity index (χ3v) is 5.87. The number of hydrogen-bond donors (Lipinski definition) is 0. The van der Waals surface area contributed by atoms with Crippen LogP contribution in [0.3, 0.4) is 0 Å². The molecular formula is C21H29N5O. The fourth-order valence-electron chi connectivity index (χ4n) is 4.39. The summed E-state index contributed by atoms with van der Waals surface area (Å²) in [6, 6.07) is 8.77. The lowest BCUT2D eigenvalue weighted by Crippen LogP contribution is -2.38. The van der Waals surface area contributed by atoms with Crippen LogP contribution in [-0.4, -0.2) is 56.7 Å². The summed E-state index contributed by atoms with van der Waals surface area (Å²) in [4.78, 5) is 16.2. The van der Waals surface area contributed by atoms with Crippen molar-refractivity contribution in [3.8, 4) is 0 Å². The predicted molar refractivity (Wildman–Crippen MR) is 104 cm³/mol. The summed E-state index contributed by atoms with van der Waals surface area (Å²) in [7, 11) is 0. The van der Waals surface area contributed by atoms with Gasteiger partial charge >= 0.3 is 0 Å². The lowest BCUT2D eigenvalue weighted by molar-refractivity contribution is -0.130. The summed E-state index contributed by atoms with van der Waals surface area (Å²) < 4.78 is 2.32. The van der Waals surface area contributed by atoms with Crippen LogP contribution in [0.5, 0.6) is 0 Å². The monoisotopic (exact) mass is 367 g/mol. The molecule has 2 aromatic rings. The van der Waals surface area contributed by atoms with Gasteiger partial charge in [-0.15, -0.1) is 10.2 Å². The molecule has 0 aliphatic carbocycles. The first-order valence-electron chi connectivity index (χ1n) is 10.1. The van der Waals surface area contributed by atoms with Crippen LogP contribution in [0.25, 0.3) is 0 Å². The van der Waals surface area contributed by atoms with Crippen LogP contribution in [0.4, 0.5) is 0 Å². The Labute approximate surface area is 161 Å². The molecule has 1 aromatic carbocycles. The Balaban J connectivity index is 1.45. The van der Waals surface area contributed by atoms with Gasteiger partial charge in [-0.1, -0.05) is 29.8 Å². The van der Waals surface area contributed by atoms with Crippen LogP contribution < -0.4 is 0 Å². The Bertz CT molecular complexity index is 815. The van der Waals surface area contributed by atoms with Crippen molar-refractivity contribution in [1.82, 2.24) is 24.6 Å². The Morgan fingerprint density at radius 3 is 2.89 bits per heavy atom. The summed E-state index contributed by atoms with van der Waals surface area (Å²) in [5.74, 6) is 2.65. The van der Waals surface area contributed by atoms with Gasteiger partial charge in [-0.05, 0) is 25.3 Å². The van der Waals surface area contributed by atoms with Crippen LogP contribution in [0, 0.1) is 6.92 Å². The van der Waals surface area contributed by atoms with Crippen molar-refractivity contribution >= 4 is 5.91 Å². The van der Waals surface area contributed by atoms with E-state index in [0.29, 0.717) is 5.92 Å². The predicted octanol–water partition coefficient (Wildman–Crippen LogP) is 2.37. The lowest BCUT2D eigenvalue weighted by Gasteiger charge is -2.31. The Morgan fingerprint density at radius 1 is 1.19 bits per heavy atom. The van der Waals surface area contributed by atoms with Crippen molar-refractivity contribution < 1.29 is 4.79 Å². The largest absolute Gasteiger partial charge is 0.342 e. The molecule has 0 bridgehead atoms. The van der Waals surface area contributed by atoms with Gasteiger partial charge in [-0.2, -0.15) is 0 Å². The number of hydrogen-bond acceptors (Lipinski definition) is 4. The van der Waals surface area contributed by atoms with Gasteiger partial charge in [0.2, 0.25) is 5.91 Å². The molecule has 6 nitrogen and oxygen atoms in total. The van der Waals surface area contributed by atoms with E-state index >= 15 is 0 Å². The SMILES string of the molecule is CC(=O)N1CCC[C@H](c2nnc3n2CCN(Cc2cccc(C)c2)CC3)C1. The zero-order chi connectivity index (χ0) is 18.8. The van der Waals surface area contributed by atoms with E-state index in [1.54, 1.807) is 6.92 Å². The minimum absolute atomic E-state index is 0.166. The number of carbonyl (C=O) groups is 1. The first-order valence-corrected chi connectivity index (χ1v) is 10.1. The number of fused-ring (bicyclic) bond motifs is 1. The standard InChI is InChI=1S/C21H29N5O/c1-16-5-3-6-18(13-16)14-24-10-8-20-22-23-21(26(20)12-11-24)19-7-4-9-25(15-19)17(2)27/h3,5-6,13,19H,4,7-12,14-15H2,1-2H3/t19-/m0/s1. The van der Waals surface area contributed by atoms with E-state index in [9.17, 15) is 4.79 Å². The molecule has 4 rings (SSSR count). The molecule has 1 fully saturated rings. The Morgan fingerprint density at radius 2 is 2.07 bits per heavy atom. The minimum atomic E-state index is 0.166. The molecule has 1 aromatic heterocycles. The molecule has 1 atom stereocenters. The fraction of sp³-hybridized carbons (Fsp3) is 0.571. The fourth-order valence-corrected chi connectivity index (χ4v) is 4.39. The molecular weight excluding hydrogens is 338 g/mol. The first kappa shape index (κ1) is 18.2. The van der Waals surface area contributed by atoms with E-state index in [1.807, 2.05) is 4.90 Å². The second-order valence-electron chi connectivity index (χ2n) is 7.95. The maximum atomic E-state index is 11.8. The topological polar surface area (TPSA) is 54.3 Å². The molecule has 0 N–H and O–H groups in total. The van der Waals surface area contributed by atoms with Gasteiger partial charge in [0.15, 0.2) is 0 Å². The first-order chi connectivity index (χ1) is 13.1. The number of likely N-dealkylation sites (tertiary alicyclic amines) is 1. The maximum Gasteiger partial charge on any atom is 0.219 e. The van der Waals surface area contributed by atoms with Crippen molar-refractivity contribution in [2.24, 2.45) is 0 Å². The van der Waals surface area contributed by atoms with E-state index < -0.39 is 0 Å². The average molecular weight is 367 g/mol. The van der Waals surface area contributed by atoms with Crippen LogP contribution >= 0.6 is 0 Å². The molecule has 1 amide bonds. The van der Waals surface area contributed by atoms with Crippen LogP contribution in [0.2, 0.25) is 0 Å². The van der Waals surface area contributed by atoms with Gasteiger partial charge < -0.3 is 9.47 Å². The Kier molecular flexibility index (Phi) is 5.25. The number of rotatable bonds is 3. The summed E-state index contributed by atoms with van der Waals surface area (Å²) in [5.41, 5.74) is 2.69. The highest BCUT2D eigenvalue weighted by Crippen LogP contribution is 2.27. The van der Waals surface area contributed by atoms with Crippen molar-refractivity contribution in [2.45, 2.75) is 52.1 Å². The maximum absolute atomic E-state index is 11.8. The molecule has 6 heteroatoms. The second kappa shape index (κ2) is 7.80. The van der Waals surface area contributed by atoms with Crippen LogP contribution in [0.1, 0.15) is 48.5 Å². The number of nitrogens with zero attached hydrogens (tertiary/aromatic N) is 5. The zero-order valence-electron chi connectivity index (χ0n) is 16.4. The quantitative estimate of drug-likeness (QED) is 0.836. The Hall–Kier alpha value is -2.21. The highest BCUT2D eigenvalue weighted by molar-refractivity contribution is 5.73. The molecule has 144 valence electrons. The van der Waals surface area contributed by atoms with E-state index in [0.717, 1.165) is 70.2 Å². The van der Waals surface area contributed by atoms with E-state index in [-0.39, 0.29) is 5.91 Å². The molecule has 0 unspecified atom stereocenters. The summed E-state index contributed by atoms with van der Waals surface area (Å²) >= 11 is 0. The number of piperidine rings is 1. The van der Waals surface area contributed by atoms with Crippen LogP contribution in [0.15, 0.2) is 24.3 Å². The molecule has 0 spiro atoms. The number of benzene rings is 1. The van der Waals surface area contributed by atoms with E-state index in [4.69, 9.17) is 0 Å². The highest BCUT2D eigenvalue weighted by Gasteiger charge is 2.29. The number of aromatic nitrogens is 3. The second-order valence-corrected chi connectivity index (χ2v) is 7.95. The average Bonchev–Trinajstić information content (AvgIpc) is 2.97. The van der Waals surface area contributed by atoms with Gasteiger partial charge in [0.1, 0.15) is 11.6 Å². The molecule has 27 heavy (non-hydrogen) atoms. The molecule has 0 radical (unpaired) electrons. The molecule has 2 aliphatic heterocycles. The summed E-state index contributed by atoms with van der Waals surface area (Å²) in [6.07, 6.45) is 3.07. The van der Waals surface area contributed by atoms with Gasteiger partial charge in [0.05, 0.1) is 0 Å². The van der Waals surface area contributed by atoms with Crippen LogP contribution in [-0.2, 0) is 24.3 Å². The minimum Gasteiger partial charge on any atom is -0.342 e. The summed E-state index contributed by atoms with van der Waals surface area (Å²) in [6.45, 7) is 9.39. The smallest absolute Gasteiger partial charge is 0.219 e. The van der Waals surface area contributed by atoms with Gasteiger partial charge in [0, 0.05) is 58.5 Å². The zero-order valence-corrected chi connectivity index (χ0v) is 16.4. The summed E-state index contributed by atoms with van der Waals surface area (Å²) in [5, 5.41) is 9.03. The van der Waals surface area contributed by atoms with Gasteiger partial charge in [-0.25, -0.2) is 0 Å². The van der Waals surface area contributed by atoms with Gasteiger partial charge in [-0.3, -0.25) is 9.69 Å². The third-order valence-electron chi connectivity index (χ3n) is 5.87. The van der Waals surface area contributed by atoms with Crippen molar-refractivity contribution in [3.05, 3.63) is 47.0 Å². The van der Waals surface area contributed by atoms with Crippen molar-refractivity contribution in [1.29, 1.82) is 0 Å². The molecule has 1 saturated heterocycles. The van der Waals surface area contributed by atoms with Crippen molar-refractivity contribution in [2.75, 3.05) is 26.2 Å². The molecule has 2 aliphatic rings. The van der Waals surface area contributed by atoms with E-state index in [1.165, 1.54) is 11.1 Å². The molecule has 3 heterocycles. The highest BCUT2D eigenvalue weighted by atomic mass is 16.2. The number of carbonyl (C=O) groups excluding carboxylic acids is 1. The lowest BCUT2D eigenvalue weighted by atomic mass is 9.97. The number of aryl methyl sites for hydroxylation is 1. The van der Waals surface area contributed by atoms with E-state index in [2.05, 4.69) is 50.9 Å². The number of amides is 1. The third kappa shape index (κ3) is 4.05. The molecule has 0 saturated carbocycles. The normalized spacial score (nSPS) is 21.0.